The predicted octanol–water partition coefficient (Wildman–Crippen LogP) is 2.89. The van der Waals surface area contributed by atoms with Crippen LogP contribution in [0.3, 0.4) is 0 Å². The lowest BCUT2D eigenvalue weighted by Crippen LogP contribution is -2.43. The second-order valence-electron chi connectivity index (χ2n) is 8.03. The van der Waals surface area contributed by atoms with E-state index in [2.05, 4.69) is 4.98 Å². The Morgan fingerprint density at radius 2 is 2.12 bits per heavy atom. The Morgan fingerprint density at radius 3 is 2.65 bits per heavy atom. The maximum atomic E-state index is 13.0. The summed E-state index contributed by atoms with van der Waals surface area (Å²) in [5.41, 5.74) is -0.179. The van der Waals surface area contributed by atoms with Gasteiger partial charge in [-0.05, 0) is 19.3 Å². The van der Waals surface area contributed by atoms with Gasteiger partial charge < -0.3 is 19.5 Å². The monoisotopic (exact) mass is 366 g/mol. The molecule has 1 aliphatic heterocycles. The third-order valence-corrected chi connectivity index (χ3v) is 4.90. The largest absolute Gasteiger partial charge is 0.479 e. The Morgan fingerprint density at radius 1 is 1.42 bits per heavy atom. The van der Waals surface area contributed by atoms with Crippen molar-refractivity contribution >= 4 is 11.9 Å². The molecule has 3 atom stereocenters. The van der Waals surface area contributed by atoms with Crippen molar-refractivity contribution in [3.63, 3.8) is 0 Å². The van der Waals surface area contributed by atoms with E-state index in [4.69, 9.17) is 9.52 Å². The lowest BCUT2D eigenvalue weighted by molar-refractivity contribution is -0.157. The molecule has 0 bridgehead atoms. The molecule has 0 saturated carbocycles. The van der Waals surface area contributed by atoms with E-state index in [0.717, 1.165) is 25.0 Å². The fraction of sp³-hybridized carbons (Fsp3) is 0.737. The molecule has 1 saturated heterocycles. The molecule has 1 fully saturated rings. The fourth-order valence-electron chi connectivity index (χ4n) is 3.30. The molecule has 0 aliphatic carbocycles. The van der Waals surface area contributed by atoms with Crippen LogP contribution < -0.4 is 0 Å². The first-order chi connectivity index (χ1) is 12.2. The van der Waals surface area contributed by atoms with Crippen molar-refractivity contribution in [2.75, 3.05) is 6.54 Å². The summed E-state index contributed by atoms with van der Waals surface area (Å²) < 4.78 is 5.90. The third-order valence-electron chi connectivity index (χ3n) is 4.90. The van der Waals surface area contributed by atoms with Crippen molar-refractivity contribution < 1.29 is 24.2 Å². The van der Waals surface area contributed by atoms with E-state index in [1.807, 2.05) is 27.7 Å². The average molecular weight is 366 g/mol. The highest BCUT2D eigenvalue weighted by molar-refractivity contribution is 5.86. The number of aliphatic hydroxyl groups excluding tert-OH is 1. The van der Waals surface area contributed by atoms with E-state index in [9.17, 15) is 14.7 Å². The number of unbranched alkanes of at least 4 members (excludes halogenated alkanes) is 1. The average Bonchev–Trinajstić information content (AvgIpc) is 3.22. The molecule has 0 radical (unpaired) electrons. The quantitative estimate of drug-likeness (QED) is 0.769. The van der Waals surface area contributed by atoms with Crippen molar-refractivity contribution in [2.24, 2.45) is 5.92 Å². The summed E-state index contributed by atoms with van der Waals surface area (Å²) in [6, 6.07) is -0.302. The molecule has 146 valence electrons. The van der Waals surface area contributed by atoms with Crippen LogP contribution in [-0.4, -0.2) is 44.6 Å². The molecule has 1 unspecified atom stereocenters. The molecule has 7 heteroatoms. The molecule has 1 aliphatic rings. The summed E-state index contributed by atoms with van der Waals surface area (Å²) in [6.45, 7) is 8.57. The number of amides is 1. The summed E-state index contributed by atoms with van der Waals surface area (Å²) in [7, 11) is 0. The van der Waals surface area contributed by atoms with E-state index in [0.29, 0.717) is 25.3 Å². The van der Waals surface area contributed by atoms with Crippen LogP contribution >= 0.6 is 0 Å². The van der Waals surface area contributed by atoms with Crippen LogP contribution in [0.2, 0.25) is 0 Å². The minimum absolute atomic E-state index is 0.179. The van der Waals surface area contributed by atoms with Crippen LogP contribution in [0.15, 0.2) is 10.6 Å². The normalized spacial score (nSPS) is 20.2. The first-order valence-electron chi connectivity index (χ1n) is 9.34. The maximum Gasteiger partial charge on any atom is 0.333 e. The number of nitrogens with zero attached hydrogens (tertiary/aromatic N) is 2. The highest BCUT2D eigenvalue weighted by Gasteiger charge is 2.40. The van der Waals surface area contributed by atoms with Crippen LogP contribution in [0, 0.1) is 5.92 Å². The summed E-state index contributed by atoms with van der Waals surface area (Å²) in [5.74, 6) is -1.39. The van der Waals surface area contributed by atoms with Crippen LogP contribution in [0.4, 0.5) is 0 Å². The lowest BCUT2D eigenvalue weighted by atomic mass is 9.94. The van der Waals surface area contributed by atoms with Crippen LogP contribution in [0.1, 0.15) is 77.5 Å². The maximum absolute atomic E-state index is 13.0. The van der Waals surface area contributed by atoms with Gasteiger partial charge in [0.25, 0.3) is 0 Å². The highest BCUT2D eigenvalue weighted by Crippen LogP contribution is 2.35. The van der Waals surface area contributed by atoms with Crippen LogP contribution in [-0.2, 0) is 15.0 Å². The number of carboxylic acid groups (broad SMARTS) is 1. The van der Waals surface area contributed by atoms with Crippen molar-refractivity contribution in [3.05, 3.63) is 17.8 Å². The van der Waals surface area contributed by atoms with Gasteiger partial charge in [-0.1, -0.05) is 40.5 Å². The summed E-state index contributed by atoms with van der Waals surface area (Å²) in [5, 5.41) is 19.2. The van der Waals surface area contributed by atoms with Gasteiger partial charge in [0, 0.05) is 12.0 Å². The topological polar surface area (TPSA) is 104 Å². The van der Waals surface area contributed by atoms with Crippen molar-refractivity contribution in [1.82, 2.24) is 9.88 Å². The van der Waals surface area contributed by atoms with Crippen molar-refractivity contribution in [2.45, 2.75) is 77.4 Å². The lowest BCUT2D eigenvalue weighted by Gasteiger charge is -2.28. The number of aliphatic hydroxyl groups is 1. The summed E-state index contributed by atoms with van der Waals surface area (Å²) in [4.78, 5) is 30.2. The number of carbonyl (C=O) groups excluding carboxylic acids is 1. The minimum Gasteiger partial charge on any atom is -0.479 e. The zero-order valence-corrected chi connectivity index (χ0v) is 16.1. The van der Waals surface area contributed by atoms with Crippen LogP contribution in [0.25, 0.3) is 0 Å². The Bertz CT molecular complexity index is 634. The number of carbonyl (C=O) groups is 2. The van der Waals surface area contributed by atoms with E-state index in [1.54, 1.807) is 11.1 Å². The summed E-state index contributed by atoms with van der Waals surface area (Å²) >= 11 is 0. The van der Waals surface area contributed by atoms with Crippen LogP contribution in [0.5, 0.6) is 0 Å². The van der Waals surface area contributed by atoms with Gasteiger partial charge in [0.1, 0.15) is 11.8 Å². The van der Waals surface area contributed by atoms with E-state index < -0.39 is 18.0 Å². The molecule has 2 rings (SSSR count). The van der Waals surface area contributed by atoms with E-state index in [-0.39, 0.29) is 17.4 Å². The molecule has 1 aromatic heterocycles. The predicted molar refractivity (Wildman–Crippen MR) is 95.5 cm³/mol. The summed E-state index contributed by atoms with van der Waals surface area (Å²) in [6.07, 6.45) is 3.39. The zero-order valence-electron chi connectivity index (χ0n) is 16.1. The van der Waals surface area contributed by atoms with Gasteiger partial charge in [-0.2, -0.15) is 0 Å². The Kier molecular flexibility index (Phi) is 6.44. The van der Waals surface area contributed by atoms with Gasteiger partial charge in [0.2, 0.25) is 11.8 Å². The number of aliphatic carboxylic acids is 1. The second kappa shape index (κ2) is 8.20. The molecule has 0 aromatic carbocycles. The number of likely N-dealkylation sites (tertiary alicyclic amines) is 1. The second-order valence-corrected chi connectivity index (χ2v) is 8.03. The standard InChI is InChI=1S/C19H30N2O5/c1-5-6-8-12(15(22)18(24)25)17(23)21-10-7-9-13(21)16-20-11-14(26-16)19(2,3)4/h11-13,15,22H,5-10H2,1-4H3,(H,24,25)/t12-,13?,15+/m1/s1. The first kappa shape index (κ1) is 20.4. The number of oxazole rings is 1. The number of hydrogen-bond acceptors (Lipinski definition) is 5. The van der Waals surface area contributed by atoms with Crippen molar-refractivity contribution in [3.8, 4) is 0 Å². The molecule has 7 nitrogen and oxygen atoms in total. The number of rotatable bonds is 7. The van der Waals surface area contributed by atoms with E-state index in [1.165, 1.54) is 0 Å². The van der Waals surface area contributed by atoms with Gasteiger partial charge in [-0.25, -0.2) is 9.78 Å². The Hall–Kier alpha value is -1.89. The number of carboxylic acids is 1. The van der Waals surface area contributed by atoms with Gasteiger partial charge in [-0.3, -0.25) is 4.79 Å². The van der Waals surface area contributed by atoms with Crippen molar-refractivity contribution in [1.29, 1.82) is 0 Å². The first-order valence-corrected chi connectivity index (χ1v) is 9.34. The molecule has 1 aromatic rings. The van der Waals surface area contributed by atoms with Gasteiger partial charge >= 0.3 is 5.97 Å². The number of hydrogen-bond donors (Lipinski definition) is 2. The molecule has 2 N–H and O–H groups in total. The molecule has 2 heterocycles. The van der Waals surface area contributed by atoms with Gasteiger partial charge in [-0.15, -0.1) is 0 Å². The molecule has 0 spiro atoms. The smallest absolute Gasteiger partial charge is 0.333 e. The molecular formula is C19H30N2O5. The van der Waals surface area contributed by atoms with Gasteiger partial charge in [0.15, 0.2) is 6.10 Å². The molecule has 1 amide bonds. The zero-order chi connectivity index (χ0) is 19.5. The highest BCUT2D eigenvalue weighted by atomic mass is 16.4. The minimum atomic E-state index is -1.69. The molecule has 26 heavy (non-hydrogen) atoms. The fourth-order valence-corrected chi connectivity index (χ4v) is 3.30. The number of aromatic nitrogens is 1. The Balaban J connectivity index is 2.22. The SMILES string of the molecule is CCCC[C@@H](C(=O)N1CCCC1c1ncc(C(C)(C)C)o1)[C@H](O)C(=O)O. The molecular weight excluding hydrogens is 336 g/mol. The Labute approximate surface area is 154 Å². The van der Waals surface area contributed by atoms with E-state index >= 15 is 0 Å². The third kappa shape index (κ3) is 4.44. The van der Waals surface area contributed by atoms with Gasteiger partial charge in [0.05, 0.1) is 12.1 Å².